The number of hydrogen-bond donors (Lipinski definition) is 4. The average Bonchev–Trinajstić information content (AvgIpc) is 1.59. The first kappa shape index (κ1) is 68.0. The third kappa shape index (κ3) is 16.6. The summed E-state index contributed by atoms with van der Waals surface area (Å²) in [5, 5.41) is 31.1. The SMILES string of the molecule is CCCOc1ccc2ncnc(Nc3ccc(Oc4ccc5scnc5c4)c(C)c3)c2c1.Cc1cc(Nc2ncnc3ccc(OCCN4CC[C@H](O)C4)cc23)ccc1Oc1ccn2ncnc2c1.Cc1cc(Nc2ncnc3ccc(Oc4ccnc(Cl)c4)cc23)ccc1Oc1ccn2ncnc2c1. The molecule has 16 aromatic rings. The van der Waals surface area contributed by atoms with E-state index in [1.54, 1.807) is 51.4 Å². The molecule has 0 radical (unpaired) electrons. The maximum Gasteiger partial charge on any atom is 0.158 e. The lowest BCUT2D eigenvalue weighted by atomic mass is 10.2. The predicted molar refractivity (Wildman–Crippen MR) is 405 cm³/mol. The van der Waals surface area contributed by atoms with Gasteiger partial charge in [0, 0.05) is 95.7 Å². The number of thiazole rings is 1. The van der Waals surface area contributed by atoms with Crippen molar-refractivity contribution in [2.24, 2.45) is 0 Å². The molecule has 1 fully saturated rings. The van der Waals surface area contributed by atoms with Crippen molar-refractivity contribution in [1.82, 2.24) is 74.0 Å². The first-order chi connectivity index (χ1) is 51.4. The molecule has 105 heavy (non-hydrogen) atoms. The number of β-amino-alcohol motifs (C(OH)–C–C–N with tert-alkyl or cyclic N) is 1. The van der Waals surface area contributed by atoms with Crippen LogP contribution in [-0.4, -0.2) is 118 Å². The van der Waals surface area contributed by atoms with Crippen molar-refractivity contribution in [1.29, 1.82) is 0 Å². The maximum absolute atomic E-state index is 9.70. The van der Waals surface area contributed by atoms with E-state index in [1.807, 2.05) is 190 Å². The summed E-state index contributed by atoms with van der Waals surface area (Å²) in [5.74, 6) is 9.33. The van der Waals surface area contributed by atoms with Gasteiger partial charge < -0.3 is 49.5 Å². The number of fused-ring (bicyclic) bond motifs is 6. The number of halogens is 1. The highest BCUT2D eigenvalue weighted by molar-refractivity contribution is 7.16. The Morgan fingerprint density at radius 1 is 0.457 bits per heavy atom. The molecule has 0 spiro atoms. The topological polar surface area (TPSA) is 278 Å². The molecule has 0 aliphatic carbocycles. The molecule has 4 N–H and O–H groups in total. The lowest BCUT2D eigenvalue weighted by Gasteiger charge is -2.16. The normalized spacial score (nSPS) is 12.8. The average molecular weight is 1440 g/mol. The molecule has 0 saturated carbocycles. The second-order valence-electron chi connectivity index (χ2n) is 24.5. The Morgan fingerprint density at radius 3 is 1.43 bits per heavy atom. The van der Waals surface area contributed by atoms with E-state index in [1.165, 1.54) is 19.0 Å². The van der Waals surface area contributed by atoms with Crippen molar-refractivity contribution in [2.75, 3.05) is 48.8 Å². The van der Waals surface area contributed by atoms with Crippen LogP contribution in [0.15, 0.2) is 220 Å². The van der Waals surface area contributed by atoms with Gasteiger partial charge >= 0.3 is 0 Å². The van der Waals surface area contributed by atoms with Gasteiger partial charge in [0.15, 0.2) is 11.3 Å². The molecule has 7 aromatic carbocycles. The van der Waals surface area contributed by atoms with Crippen LogP contribution >= 0.6 is 22.9 Å². The van der Waals surface area contributed by atoms with Gasteiger partial charge in [-0.3, -0.25) is 4.90 Å². The fraction of sp³-hybridized carbons (Fsp3) is 0.154. The number of rotatable bonds is 21. The zero-order valence-corrected chi connectivity index (χ0v) is 58.8. The molecular weight excluding hydrogens is 1370 g/mol. The highest BCUT2D eigenvalue weighted by Gasteiger charge is 2.20. The second kappa shape index (κ2) is 31.2. The van der Waals surface area contributed by atoms with E-state index in [0.29, 0.717) is 59.5 Å². The number of anilines is 6. The van der Waals surface area contributed by atoms with Crippen molar-refractivity contribution in [3.8, 4) is 57.5 Å². The Balaban J connectivity index is 0.000000127. The minimum atomic E-state index is -0.222. The van der Waals surface area contributed by atoms with E-state index >= 15 is 0 Å². The van der Waals surface area contributed by atoms with Gasteiger partial charge in [-0.15, -0.1) is 11.3 Å². The molecule has 25 nitrogen and oxygen atoms in total. The van der Waals surface area contributed by atoms with Gasteiger partial charge in [0.1, 0.15) is 118 Å². The number of aryl methyl sites for hydroxylation is 3. The van der Waals surface area contributed by atoms with Crippen molar-refractivity contribution >= 4 is 112 Å². The molecule has 1 aliphatic rings. The molecule has 524 valence electrons. The van der Waals surface area contributed by atoms with Gasteiger partial charge in [-0.25, -0.2) is 58.9 Å². The van der Waals surface area contributed by atoms with Crippen LogP contribution in [0.1, 0.15) is 36.5 Å². The number of pyridine rings is 3. The molecule has 0 amide bonds. The molecule has 1 aliphatic heterocycles. The number of nitrogens with one attached hydrogen (secondary N) is 3. The third-order valence-electron chi connectivity index (χ3n) is 17.0. The van der Waals surface area contributed by atoms with Crippen molar-refractivity contribution in [2.45, 2.75) is 46.6 Å². The number of ether oxygens (including phenoxy) is 6. The second-order valence-corrected chi connectivity index (χ2v) is 25.8. The van der Waals surface area contributed by atoms with E-state index in [4.69, 9.17) is 40.0 Å². The minimum absolute atomic E-state index is 0.222. The summed E-state index contributed by atoms with van der Waals surface area (Å²) in [6.07, 6.45) is 14.4. The molecule has 1 saturated heterocycles. The molecule has 27 heteroatoms. The molecule has 0 unspecified atom stereocenters. The summed E-state index contributed by atoms with van der Waals surface area (Å²) in [5.41, 5.74) is 12.3. The van der Waals surface area contributed by atoms with E-state index in [0.717, 1.165) is 154 Å². The van der Waals surface area contributed by atoms with Crippen LogP contribution in [0.25, 0.3) is 54.2 Å². The number of benzene rings is 7. The molecule has 10 heterocycles. The van der Waals surface area contributed by atoms with Gasteiger partial charge in [-0.1, -0.05) is 18.5 Å². The van der Waals surface area contributed by atoms with Crippen LogP contribution < -0.4 is 44.4 Å². The summed E-state index contributed by atoms with van der Waals surface area (Å²) < 4.78 is 40.5. The summed E-state index contributed by atoms with van der Waals surface area (Å²) in [7, 11) is 0. The largest absolute Gasteiger partial charge is 0.494 e. The molecule has 0 bridgehead atoms. The number of nitrogens with zero attached hydrogens (tertiary/aromatic N) is 15. The molecule has 9 aromatic heterocycles. The van der Waals surface area contributed by atoms with Gasteiger partial charge in [0.05, 0.1) is 45.0 Å². The Kier molecular flexibility index (Phi) is 20.2. The fourth-order valence-corrected chi connectivity index (χ4v) is 12.5. The van der Waals surface area contributed by atoms with Crippen LogP contribution in [0, 0.1) is 20.8 Å². The highest BCUT2D eigenvalue weighted by atomic mass is 35.5. The fourth-order valence-electron chi connectivity index (χ4n) is 11.7. The van der Waals surface area contributed by atoms with E-state index in [-0.39, 0.29) is 6.10 Å². The first-order valence-corrected chi connectivity index (χ1v) is 34.9. The predicted octanol–water partition coefficient (Wildman–Crippen LogP) is 17.2. The van der Waals surface area contributed by atoms with Gasteiger partial charge in [0.2, 0.25) is 0 Å². The molecule has 17 rings (SSSR count). The lowest BCUT2D eigenvalue weighted by Crippen LogP contribution is -2.27. The summed E-state index contributed by atoms with van der Waals surface area (Å²) in [4.78, 5) is 45.5. The van der Waals surface area contributed by atoms with Crippen LogP contribution in [0.4, 0.5) is 34.5 Å². The minimum Gasteiger partial charge on any atom is -0.494 e. The van der Waals surface area contributed by atoms with Crippen molar-refractivity contribution in [3.63, 3.8) is 0 Å². The zero-order valence-electron chi connectivity index (χ0n) is 57.2. The van der Waals surface area contributed by atoms with Crippen LogP contribution in [0.3, 0.4) is 0 Å². The number of likely N-dealkylation sites (tertiary alicyclic amines) is 1. The Hall–Kier alpha value is -12.8. The van der Waals surface area contributed by atoms with Gasteiger partial charge in [0.25, 0.3) is 0 Å². The maximum atomic E-state index is 9.70. The molecular formula is C78H67ClN18O7S. The summed E-state index contributed by atoms with van der Waals surface area (Å²) in [6.45, 7) is 11.7. The number of hydrogen-bond acceptors (Lipinski definition) is 24. The van der Waals surface area contributed by atoms with Crippen molar-refractivity contribution in [3.05, 3.63) is 241 Å². The Bertz CT molecular complexity index is 5790. The van der Waals surface area contributed by atoms with Crippen LogP contribution in [-0.2, 0) is 0 Å². The van der Waals surface area contributed by atoms with Crippen molar-refractivity contribution < 1.29 is 33.5 Å². The number of aliphatic hydroxyl groups excluding tert-OH is 1. The first-order valence-electron chi connectivity index (χ1n) is 33.7. The van der Waals surface area contributed by atoms with Crippen LogP contribution in [0.2, 0.25) is 5.15 Å². The number of aromatic nitrogens is 14. The van der Waals surface area contributed by atoms with Gasteiger partial charge in [-0.05, 0) is 190 Å². The Morgan fingerprint density at radius 2 is 0.933 bits per heavy atom. The smallest absolute Gasteiger partial charge is 0.158 e. The van der Waals surface area contributed by atoms with E-state index in [2.05, 4.69) is 87.8 Å². The standard InChI is InChI=1S/C27H27N7O3.C26H18ClN7O2.C25H22N4O2S/c1-18-12-19(2-5-25(18)37-22-7-9-34-26(14-22)29-17-31-34)32-27-23-13-21(3-4-24(23)28-16-30-27)36-11-10-33-8-6-20(35)15-33;1-16-10-17(2-5-23(16)36-20-7-9-34-25(13-20)30-15-32-34)33-26-21-11-18(3-4-22(21)29-14-31-26)35-19-6-8-28-24(27)12-19;1-3-10-30-18-5-7-21-20(12-18)25(27-14-26-21)29-17-4-8-23(16(2)11-17)31-19-6-9-24-22(13-19)28-15-32-24/h2-5,7,9,12-14,16-17,20,35H,6,8,10-11,15H2,1H3,(H,28,30,32);2-15H,1H3,(H,29,31,33);4-9,11-15H,3,10H2,1-2H3,(H,26,27,29)/t20-;;/m0../s1. The van der Waals surface area contributed by atoms with Crippen LogP contribution in [0.5, 0.6) is 57.5 Å². The number of aliphatic hydroxyl groups is 1. The lowest BCUT2D eigenvalue weighted by molar-refractivity contribution is 0.167. The quantitative estimate of drug-likeness (QED) is 0.0486. The zero-order chi connectivity index (χ0) is 71.6. The monoisotopic (exact) mass is 1430 g/mol. The summed E-state index contributed by atoms with van der Waals surface area (Å²) >= 11 is 7.59. The van der Waals surface area contributed by atoms with Gasteiger partial charge in [-0.2, -0.15) is 10.2 Å². The third-order valence-corrected chi connectivity index (χ3v) is 18.0. The van der Waals surface area contributed by atoms with E-state index < -0.39 is 0 Å². The molecule has 1 atom stereocenters. The Labute approximate surface area is 610 Å². The summed E-state index contributed by atoms with van der Waals surface area (Å²) in [6, 6.07) is 51.8. The highest BCUT2D eigenvalue weighted by Crippen LogP contribution is 2.37. The van der Waals surface area contributed by atoms with E-state index in [9.17, 15) is 5.11 Å².